The number of hydrogen-bond donors (Lipinski definition) is 2. The molecule has 0 aromatic carbocycles. The van der Waals surface area contributed by atoms with Crippen LogP contribution < -0.4 is 16.2 Å². The molecule has 0 radical (unpaired) electrons. The normalized spacial score (nSPS) is 18.1. The zero-order valence-corrected chi connectivity index (χ0v) is 14.6. The van der Waals surface area contributed by atoms with E-state index in [1.165, 1.54) is 0 Å². The average Bonchev–Trinajstić information content (AvgIpc) is 2.85. The monoisotopic (exact) mass is 338 g/mol. The van der Waals surface area contributed by atoms with Gasteiger partial charge in [-0.25, -0.2) is 4.98 Å². The molecule has 1 fully saturated rings. The Balaban J connectivity index is 1.84. The fourth-order valence-electron chi connectivity index (χ4n) is 4.09. The number of nitrogens with one attached hydrogen (secondary N) is 2. The highest BCUT2D eigenvalue weighted by molar-refractivity contribution is 5.97. The van der Waals surface area contributed by atoms with Crippen LogP contribution >= 0.6 is 0 Å². The lowest BCUT2D eigenvalue weighted by Gasteiger charge is -2.35. The fraction of sp³-hybridized carbons (Fsp3) is 0.421. The van der Waals surface area contributed by atoms with Gasteiger partial charge in [0.15, 0.2) is 0 Å². The van der Waals surface area contributed by atoms with Crippen molar-refractivity contribution in [2.24, 2.45) is 0 Å². The summed E-state index contributed by atoms with van der Waals surface area (Å²) >= 11 is 0. The maximum absolute atomic E-state index is 13.2. The van der Waals surface area contributed by atoms with E-state index in [4.69, 9.17) is 0 Å². The van der Waals surface area contributed by atoms with Crippen LogP contribution in [-0.2, 0) is 5.66 Å². The molecule has 3 heterocycles. The topological polar surface area (TPSA) is 76.0 Å². The highest BCUT2D eigenvalue weighted by atomic mass is 16.2. The highest BCUT2D eigenvalue weighted by Gasteiger charge is 2.45. The number of nitrogens with zero attached hydrogens (tertiary/aromatic N) is 2. The smallest absolute Gasteiger partial charge is 0.276 e. The second-order valence-corrected chi connectivity index (χ2v) is 7.07. The van der Waals surface area contributed by atoms with Gasteiger partial charge in [-0.05, 0) is 63.3 Å². The van der Waals surface area contributed by atoms with Gasteiger partial charge in [-0.2, -0.15) is 0 Å². The minimum atomic E-state index is -0.565. The zero-order valence-electron chi connectivity index (χ0n) is 14.6. The van der Waals surface area contributed by atoms with Gasteiger partial charge in [0, 0.05) is 5.69 Å². The molecule has 130 valence electrons. The molecule has 1 aliphatic heterocycles. The molecule has 1 aliphatic carbocycles. The van der Waals surface area contributed by atoms with Crippen LogP contribution in [0.3, 0.4) is 0 Å². The molecule has 2 aliphatic rings. The van der Waals surface area contributed by atoms with Crippen molar-refractivity contribution in [3.8, 4) is 0 Å². The fourth-order valence-corrected chi connectivity index (χ4v) is 4.09. The summed E-state index contributed by atoms with van der Waals surface area (Å²) < 4.78 is 1.70. The SMILES string of the molecule is Cc1cccc(Nc2cc(C)c3n(c2=O)C2(CCCCC2)NC3=O)n1. The molecule has 6 nitrogen and oxygen atoms in total. The van der Waals surface area contributed by atoms with E-state index in [9.17, 15) is 9.59 Å². The molecule has 0 unspecified atom stereocenters. The summed E-state index contributed by atoms with van der Waals surface area (Å²) in [7, 11) is 0. The van der Waals surface area contributed by atoms with Crippen LogP contribution in [0.2, 0.25) is 0 Å². The van der Waals surface area contributed by atoms with Gasteiger partial charge in [0.25, 0.3) is 11.5 Å². The Hall–Kier alpha value is -2.63. The van der Waals surface area contributed by atoms with E-state index >= 15 is 0 Å². The van der Waals surface area contributed by atoms with Crippen molar-refractivity contribution in [2.45, 2.75) is 51.6 Å². The molecule has 1 saturated carbocycles. The summed E-state index contributed by atoms with van der Waals surface area (Å²) in [4.78, 5) is 30.1. The molecule has 2 aromatic heterocycles. The Labute approximate surface area is 146 Å². The molecular weight excluding hydrogens is 316 g/mol. The van der Waals surface area contributed by atoms with E-state index in [1.54, 1.807) is 10.6 Å². The molecule has 0 atom stereocenters. The molecular formula is C19H22N4O2. The first-order valence-electron chi connectivity index (χ1n) is 8.80. The number of hydrogen-bond acceptors (Lipinski definition) is 4. The minimum Gasteiger partial charge on any atom is -0.336 e. The van der Waals surface area contributed by atoms with Gasteiger partial charge < -0.3 is 10.6 Å². The maximum atomic E-state index is 13.2. The van der Waals surface area contributed by atoms with Crippen molar-refractivity contribution >= 4 is 17.4 Å². The number of amides is 1. The van der Waals surface area contributed by atoms with Gasteiger partial charge in [0.05, 0.1) is 0 Å². The number of rotatable bonds is 2. The maximum Gasteiger partial charge on any atom is 0.276 e. The van der Waals surface area contributed by atoms with Crippen molar-refractivity contribution in [1.82, 2.24) is 14.9 Å². The second kappa shape index (κ2) is 5.72. The zero-order chi connectivity index (χ0) is 17.6. The van der Waals surface area contributed by atoms with Gasteiger partial charge in [0.1, 0.15) is 22.9 Å². The molecule has 4 rings (SSSR count). The largest absolute Gasteiger partial charge is 0.336 e. The summed E-state index contributed by atoms with van der Waals surface area (Å²) in [6.45, 7) is 3.78. The molecule has 1 amide bonds. The van der Waals surface area contributed by atoms with E-state index in [-0.39, 0.29) is 11.5 Å². The summed E-state index contributed by atoms with van der Waals surface area (Å²) in [5.41, 5.74) is 1.91. The standard InChI is InChI=1S/C19H22N4O2/c1-12-11-14(21-15-8-6-7-13(2)20-15)18(25)23-16(12)17(24)22-19(23)9-4-3-5-10-19/h6-8,11H,3-5,9-10H2,1-2H3,(H,20,21)(H,22,24). The van der Waals surface area contributed by atoms with Crippen LogP contribution in [0.1, 0.15) is 53.8 Å². The number of pyridine rings is 2. The summed E-state index contributed by atoms with van der Waals surface area (Å²) in [6, 6.07) is 7.39. The quantitative estimate of drug-likeness (QED) is 0.883. The Morgan fingerprint density at radius 1 is 1.16 bits per heavy atom. The minimum absolute atomic E-state index is 0.142. The van der Waals surface area contributed by atoms with Crippen LogP contribution in [0.4, 0.5) is 11.5 Å². The van der Waals surface area contributed by atoms with Gasteiger partial charge in [-0.15, -0.1) is 0 Å². The summed E-state index contributed by atoms with van der Waals surface area (Å²) in [5, 5.41) is 6.23. The molecule has 6 heteroatoms. The number of carbonyl (C=O) groups excluding carboxylic acids is 1. The van der Waals surface area contributed by atoms with Crippen LogP contribution in [0, 0.1) is 13.8 Å². The Morgan fingerprint density at radius 2 is 1.92 bits per heavy atom. The third-order valence-corrected chi connectivity index (χ3v) is 5.21. The molecule has 2 aromatic rings. The lowest BCUT2D eigenvalue weighted by atomic mass is 9.89. The Kier molecular flexibility index (Phi) is 3.63. The number of carbonyl (C=O) groups is 1. The van der Waals surface area contributed by atoms with E-state index < -0.39 is 5.66 Å². The lowest BCUT2D eigenvalue weighted by molar-refractivity contribution is 0.0876. The van der Waals surface area contributed by atoms with Crippen LogP contribution in [0.5, 0.6) is 0 Å². The van der Waals surface area contributed by atoms with E-state index in [0.29, 0.717) is 17.2 Å². The van der Waals surface area contributed by atoms with Crippen LogP contribution in [-0.4, -0.2) is 15.5 Å². The Morgan fingerprint density at radius 3 is 2.64 bits per heavy atom. The van der Waals surface area contributed by atoms with Crippen molar-refractivity contribution in [2.75, 3.05) is 5.32 Å². The molecule has 1 spiro atoms. The van der Waals surface area contributed by atoms with Gasteiger partial charge in [-0.3, -0.25) is 14.2 Å². The van der Waals surface area contributed by atoms with Crippen LogP contribution in [0.25, 0.3) is 0 Å². The molecule has 0 bridgehead atoms. The van der Waals surface area contributed by atoms with Crippen molar-refractivity contribution < 1.29 is 4.79 Å². The predicted octanol–water partition coefficient (Wildman–Crippen LogP) is 2.96. The lowest BCUT2D eigenvalue weighted by Crippen LogP contribution is -2.48. The van der Waals surface area contributed by atoms with E-state index in [1.807, 2.05) is 32.0 Å². The first-order valence-corrected chi connectivity index (χ1v) is 8.80. The molecule has 0 saturated heterocycles. The first-order chi connectivity index (χ1) is 12.0. The van der Waals surface area contributed by atoms with E-state index in [0.717, 1.165) is 43.4 Å². The van der Waals surface area contributed by atoms with Gasteiger partial charge in [0.2, 0.25) is 0 Å². The second-order valence-electron chi connectivity index (χ2n) is 7.07. The van der Waals surface area contributed by atoms with Crippen LogP contribution in [0.15, 0.2) is 29.1 Å². The Bertz CT molecular complexity index is 910. The highest BCUT2D eigenvalue weighted by Crippen LogP contribution is 2.37. The molecule has 25 heavy (non-hydrogen) atoms. The van der Waals surface area contributed by atoms with Crippen molar-refractivity contribution in [3.05, 3.63) is 51.6 Å². The number of aromatic nitrogens is 2. The number of fused-ring (bicyclic) bond motifs is 2. The number of anilines is 2. The summed E-state index contributed by atoms with van der Waals surface area (Å²) in [5.74, 6) is 0.490. The predicted molar refractivity (Wildman–Crippen MR) is 96.2 cm³/mol. The summed E-state index contributed by atoms with van der Waals surface area (Å²) in [6.07, 6.45) is 4.78. The van der Waals surface area contributed by atoms with Gasteiger partial charge >= 0.3 is 0 Å². The number of aryl methyl sites for hydroxylation is 2. The van der Waals surface area contributed by atoms with E-state index in [2.05, 4.69) is 15.6 Å². The average molecular weight is 338 g/mol. The third kappa shape index (κ3) is 2.52. The van der Waals surface area contributed by atoms with Crippen molar-refractivity contribution in [1.29, 1.82) is 0 Å². The van der Waals surface area contributed by atoms with Crippen molar-refractivity contribution in [3.63, 3.8) is 0 Å². The molecule has 2 N–H and O–H groups in total. The van der Waals surface area contributed by atoms with Gasteiger partial charge in [-0.1, -0.05) is 12.5 Å². The first kappa shape index (κ1) is 15.9. The third-order valence-electron chi connectivity index (χ3n) is 5.21.